The van der Waals surface area contributed by atoms with E-state index in [0.29, 0.717) is 29.1 Å². The van der Waals surface area contributed by atoms with Crippen molar-refractivity contribution in [2.24, 2.45) is 0 Å². The summed E-state index contributed by atoms with van der Waals surface area (Å²) < 4.78 is 7.34. The monoisotopic (exact) mass is 440 g/mol. The van der Waals surface area contributed by atoms with E-state index in [0.717, 1.165) is 16.3 Å². The third kappa shape index (κ3) is 4.20. The van der Waals surface area contributed by atoms with Crippen molar-refractivity contribution in [1.82, 2.24) is 4.57 Å². The number of fused-ring (bicyclic) bond motifs is 1. The number of anilines is 1. The molecule has 0 saturated carbocycles. The van der Waals surface area contributed by atoms with Gasteiger partial charge in [-0.25, -0.2) is 4.79 Å². The topological polar surface area (TPSA) is 77.4 Å². The van der Waals surface area contributed by atoms with Crippen LogP contribution in [0.25, 0.3) is 0 Å². The number of ether oxygens (including phenoxy) is 1. The van der Waals surface area contributed by atoms with Crippen LogP contribution in [0.3, 0.4) is 0 Å². The number of esters is 1. The third-order valence-corrected chi connectivity index (χ3v) is 6.89. The molecule has 1 N–H and O–H groups in total. The first kappa shape index (κ1) is 20.4. The first-order valence-corrected chi connectivity index (χ1v) is 11.2. The van der Waals surface area contributed by atoms with Crippen molar-refractivity contribution in [3.63, 3.8) is 0 Å². The minimum atomic E-state index is -0.594. The zero-order chi connectivity index (χ0) is 21.3. The van der Waals surface area contributed by atoms with Gasteiger partial charge < -0.3 is 14.6 Å². The van der Waals surface area contributed by atoms with E-state index in [1.807, 2.05) is 31.4 Å². The van der Waals surface area contributed by atoms with Crippen molar-refractivity contribution in [3.05, 3.63) is 69.2 Å². The molecular formula is C22H20N2O4S2. The second-order valence-electron chi connectivity index (χ2n) is 7.00. The maximum atomic E-state index is 12.7. The number of ketones is 1. The van der Waals surface area contributed by atoms with Crippen LogP contribution in [0, 0.1) is 13.8 Å². The molecule has 3 aromatic rings. The standard InChI is InChI=1S/C22H20N2O4S2/c1-13-8-17(14(2)24(13)10-16-4-3-7-29-16)19(25)11-28-22(27)15-5-6-20-18(9-15)23-21(26)12-30-20/h3-9H,10-12H2,1-2H3,(H,23,26). The third-order valence-electron chi connectivity index (χ3n) is 4.95. The predicted octanol–water partition coefficient (Wildman–Crippen LogP) is 4.30. The van der Waals surface area contributed by atoms with Gasteiger partial charge in [-0.2, -0.15) is 0 Å². The fraction of sp³-hybridized carbons (Fsp3) is 0.227. The van der Waals surface area contributed by atoms with E-state index >= 15 is 0 Å². The second kappa shape index (κ2) is 8.49. The van der Waals surface area contributed by atoms with Crippen LogP contribution in [0.2, 0.25) is 0 Å². The molecule has 0 unspecified atom stereocenters. The van der Waals surface area contributed by atoms with E-state index in [1.165, 1.54) is 16.6 Å². The summed E-state index contributed by atoms with van der Waals surface area (Å²) in [5.74, 6) is -0.582. The maximum absolute atomic E-state index is 12.7. The summed E-state index contributed by atoms with van der Waals surface area (Å²) in [7, 11) is 0. The summed E-state index contributed by atoms with van der Waals surface area (Å²) in [6.07, 6.45) is 0. The minimum absolute atomic E-state index is 0.105. The number of Topliss-reactive ketones (excluding diaryl/α,β-unsaturated/α-hetero) is 1. The Morgan fingerprint density at radius 1 is 1.20 bits per heavy atom. The highest BCUT2D eigenvalue weighted by Gasteiger charge is 2.20. The molecule has 1 aliphatic rings. The van der Waals surface area contributed by atoms with Crippen LogP contribution < -0.4 is 5.32 Å². The second-order valence-corrected chi connectivity index (χ2v) is 9.05. The van der Waals surface area contributed by atoms with E-state index in [1.54, 1.807) is 29.5 Å². The van der Waals surface area contributed by atoms with Crippen molar-refractivity contribution in [1.29, 1.82) is 0 Å². The number of nitrogens with zero attached hydrogens (tertiary/aromatic N) is 1. The molecule has 1 aromatic carbocycles. The number of aryl methyl sites for hydroxylation is 1. The Labute approximate surface area is 182 Å². The number of carbonyl (C=O) groups is 3. The van der Waals surface area contributed by atoms with Crippen LogP contribution in [-0.4, -0.2) is 34.6 Å². The molecule has 0 spiro atoms. The first-order chi connectivity index (χ1) is 14.4. The molecule has 0 radical (unpaired) electrons. The van der Waals surface area contributed by atoms with Gasteiger partial charge in [-0.1, -0.05) is 6.07 Å². The zero-order valence-electron chi connectivity index (χ0n) is 16.6. The maximum Gasteiger partial charge on any atom is 0.338 e. The molecular weight excluding hydrogens is 420 g/mol. The van der Waals surface area contributed by atoms with E-state index in [-0.39, 0.29) is 18.3 Å². The fourth-order valence-electron chi connectivity index (χ4n) is 3.39. The average molecular weight is 441 g/mol. The molecule has 6 nitrogen and oxygen atoms in total. The largest absolute Gasteiger partial charge is 0.454 e. The van der Waals surface area contributed by atoms with Crippen LogP contribution in [0.1, 0.15) is 37.0 Å². The van der Waals surface area contributed by atoms with Crippen molar-refractivity contribution in [2.75, 3.05) is 17.7 Å². The molecule has 0 aliphatic carbocycles. The molecule has 30 heavy (non-hydrogen) atoms. The Morgan fingerprint density at radius 3 is 2.80 bits per heavy atom. The fourth-order valence-corrected chi connectivity index (χ4v) is 4.87. The van der Waals surface area contributed by atoms with Crippen LogP contribution in [-0.2, 0) is 16.1 Å². The Bertz CT molecular complexity index is 1130. The molecule has 0 bridgehead atoms. The van der Waals surface area contributed by atoms with Gasteiger partial charge in [-0.15, -0.1) is 23.1 Å². The number of hydrogen-bond donors (Lipinski definition) is 1. The predicted molar refractivity (Wildman–Crippen MR) is 118 cm³/mol. The van der Waals surface area contributed by atoms with E-state index in [9.17, 15) is 14.4 Å². The van der Waals surface area contributed by atoms with Gasteiger partial charge in [-0.05, 0) is 49.6 Å². The van der Waals surface area contributed by atoms with Gasteiger partial charge in [0.25, 0.3) is 0 Å². The molecule has 2 aromatic heterocycles. The smallest absolute Gasteiger partial charge is 0.338 e. The SMILES string of the molecule is Cc1cc(C(=O)COC(=O)c2ccc3c(c2)NC(=O)CS3)c(C)n1Cc1cccs1. The van der Waals surface area contributed by atoms with E-state index < -0.39 is 5.97 Å². The van der Waals surface area contributed by atoms with E-state index in [2.05, 4.69) is 16.0 Å². The molecule has 1 aliphatic heterocycles. The summed E-state index contributed by atoms with van der Waals surface area (Å²) in [5.41, 5.74) is 3.29. The number of amides is 1. The molecule has 0 saturated heterocycles. The number of aromatic nitrogens is 1. The lowest BCUT2D eigenvalue weighted by Crippen LogP contribution is -2.19. The zero-order valence-corrected chi connectivity index (χ0v) is 18.2. The number of hydrogen-bond acceptors (Lipinski definition) is 6. The molecule has 154 valence electrons. The molecule has 0 atom stereocenters. The van der Waals surface area contributed by atoms with Crippen LogP contribution >= 0.6 is 23.1 Å². The Hall–Kier alpha value is -2.84. The molecule has 0 fully saturated rings. The normalized spacial score (nSPS) is 12.9. The highest BCUT2D eigenvalue weighted by molar-refractivity contribution is 8.00. The molecule has 8 heteroatoms. The Balaban J connectivity index is 1.43. The summed E-state index contributed by atoms with van der Waals surface area (Å²) in [4.78, 5) is 38.8. The lowest BCUT2D eigenvalue weighted by atomic mass is 10.1. The van der Waals surface area contributed by atoms with E-state index in [4.69, 9.17) is 4.74 Å². The number of benzene rings is 1. The Kier molecular flexibility index (Phi) is 5.78. The van der Waals surface area contributed by atoms with Crippen LogP contribution in [0.4, 0.5) is 5.69 Å². The highest BCUT2D eigenvalue weighted by Crippen LogP contribution is 2.32. The quantitative estimate of drug-likeness (QED) is 0.457. The van der Waals surface area contributed by atoms with Crippen molar-refractivity contribution >= 4 is 46.4 Å². The van der Waals surface area contributed by atoms with Gasteiger partial charge in [0.1, 0.15) is 0 Å². The number of thiophene rings is 1. The summed E-state index contributed by atoms with van der Waals surface area (Å²) in [6, 6.07) is 10.9. The van der Waals surface area contributed by atoms with Gasteiger partial charge in [0, 0.05) is 26.7 Å². The van der Waals surface area contributed by atoms with Gasteiger partial charge in [0.2, 0.25) is 11.7 Å². The van der Waals surface area contributed by atoms with Gasteiger partial charge >= 0.3 is 5.97 Å². The van der Waals surface area contributed by atoms with Crippen LogP contribution in [0.15, 0.2) is 46.7 Å². The first-order valence-electron chi connectivity index (χ1n) is 9.38. The lowest BCUT2D eigenvalue weighted by molar-refractivity contribution is -0.113. The van der Waals surface area contributed by atoms with Gasteiger partial charge in [0.15, 0.2) is 6.61 Å². The lowest BCUT2D eigenvalue weighted by Gasteiger charge is -2.16. The summed E-state index contributed by atoms with van der Waals surface area (Å²) in [6.45, 7) is 4.24. The summed E-state index contributed by atoms with van der Waals surface area (Å²) >= 11 is 3.09. The number of carbonyl (C=O) groups excluding carboxylic acids is 3. The van der Waals surface area contributed by atoms with Crippen molar-refractivity contribution in [3.8, 4) is 0 Å². The molecule has 3 heterocycles. The van der Waals surface area contributed by atoms with Crippen molar-refractivity contribution in [2.45, 2.75) is 25.3 Å². The van der Waals surface area contributed by atoms with Gasteiger partial charge in [0.05, 0.1) is 23.5 Å². The molecule has 4 rings (SSSR count). The number of thioether (sulfide) groups is 1. The number of nitrogens with one attached hydrogen (secondary N) is 1. The highest BCUT2D eigenvalue weighted by atomic mass is 32.2. The van der Waals surface area contributed by atoms with Crippen LogP contribution in [0.5, 0.6) is 0 Å². The molecule has 1 amide bonds. The average Bonchev–Trinajstić information content (AvgIpc) is 3.35. The minimum Gasteiger partial charge on any atom is -0.454 e. The Morgan fingerprint density at radius 2 is 2.03 bits per heavy atom. The van der Waals surface area contributed by atoms with Gasteiger partial charge in [-0.3, -0.25) is 9.59 Å². The van der Waals surface area contributed by atoms with Crippen molar-refractivity contribution < 1.29 is 19.1 Å². The number of rotatable bonds is 6. The summed E-state index contributed by atoms with van der Waals surface area (Å²) in [5, 5.41) is 4.77.